The lowest BCUT2D eigenvalue weighted by Crippen LogP contribution is -2.46. The maximum absolute atomic E-state index is 12.1. The predicted molar refractivity (Wildman–Crippen MR) is 201 cm³/mol. The average Bonchev–Trinajstić information content (AvgIpc) is 3.03. The topological polar surface area (TPSA) is 117 Å². The van der Waals surface area contributed by atoms with E-state index in [9.17, 15) is 19.5 Å². The maximum Gasteiger partial charge on any atom is 0.249 e. The quantitative estimate of drug-likeness (QED) is 0.0209. The molecule has 0 aromatic heterocycles. The third kappa shape index (κ3) is 28.1. The Labute approximate surface area is 291 Å². The molecule has 8 nitrogen and oxygen atoms in total. The molecule has 0 saturated carbocycles. The third-order valence-corrected chi connectivity index (χ3v) is 8.79. The van der Waals surface area contributed by atoms with E-state index in [1.807, 2.05) is 12.2 Å². The number of ether oxygens (including phenoxy) is 1. The number of rotatable bonds is 28. The predicted octanol–water partition coefficient (Wildman–Crippen LogP) is 6.49. The molecule has 0 aliphatic heterocycles. The van der Waals surface area contributed by atoms with Crippen LogP contribution in [0.3, 0.4) is 0 Å². The molecule has 0 aliphatic rings. The van der Waals surface area contributed by atoms with Crippen LogP contribution in [0.15, 0.2) is 72.9 Å². The summed E-state index contributed by atoms with van der Waals surface area (Å²) in [5.41, 5.74) is -0.762. The normalized spacial score (nSPS) is 13.2. The molecule has 0 aliphatic carbocycles. The van der Waals surface area contributed by atoms with E-state index >= 15 is 0 Å². The number of nitrogens with one attached hydrogen (secondary N) is 3. The highest BCUT2D eigenvalue weighted by atomic mass is 33.1. The van der Waals surface area contributed by atoms with Crippen molar-refractivity contribution in [2.75, 3.05) is 43.7 Å². The van der Waals surface area contributed by atoms with Crippen LogP contribution in [0, 0.1) is 5.41 Å². The third-order valence-electron chi connectivity index (χ3n) is 6.20. The zero-order valence-electron chi connectivity index (χ0n) is 28.0. The number of hydrogen-bond donors (Lipinski definition) is 5. The molecule has 0 spiro atoms. The van der Waals surface area contributed by atoms with Crippen LogP contribution in [0.25, 0.3) is 0 Å². The average molecular weight is 696 g/mol. The molecule has 11 heteroatoms. The van der Waals surface area contributed by atoms with Crippen molar-refractivity contribution in [3.63, 3.8) is 0 Å². The summed E-state index contributed by atoms with van der Waals surface area (Å²) < 4.78 is 5.19. The number of allylic oxidation sites excluding steroid dienone is 11. The summed E-state index contributed by atoms with van der Waals surface area (Å²) in [6.45, 7) is 7.04. The molecule has 0 aromatic carbocycles. The summed E-state index contributed by atoms with van der Waals surface area (Å²) in [6, 6.07) is 0. The van der Waals surface area contributed by atoms with Crippen molar-refractivity contribution in [2.45, 2.75) is 78.2 Å². The van der Waals surface area contributed by atoms with Crippen molar-refractivity contribution < 1.29 is 24.2 Å². The van der Waals surface area contributed by atoms with Gasteiger partial charge in [-0.15, -0.1) is 0 Å². The van der Waals surface area contributed by atoms with Crippen LogP contribution in [0.4, 0.5) is 0 Å². The fourth-order valence-electron chi connectivity index (χ4n) is 3.59. The van der Waals surface area contributed by atoms with Crippen molar-refractivity contribution in [2.24, 2.45) is 5.41 Å². The van der Waals surface area contributed by atoms with Crippen molar-refractivity contribution >= 4 is 51.9 Å². The summed E-state index contributed by atoms with van der Waals surface area (Å²) in [5, 5.41) is 18.5. The molecule has 260 valence electrons. The van der Waals surface area contributed by atoms with Gasteiger partial charge in [0.05, 0.1) is 12.5 Å². The van der Waals surface area contributed by atoms with Gasteiger partial charge in [-0.2, -0.15) is 12.6 Å². The van der Waals surface area contributed by atoms with E-state index in [-0.39, 0.29) is 37.3 Å². The molecular formula is C35H57N3O5S3. The Bertz CT molecular complexity index is 994. The zero-order chi connectivity index (χ0) is 34.1. The molecule has 1 atom stereocenters. The molecule has 3 amide bonds. The molecule has 4 N–H and O–H groups in total. The van der Waals surface area contributed by atoms with Crippen LogP contribution in [0.5, 0.6) is 0 Å². The molecule has 0 saturated heterocycles. The molecule has 0 fully saturated rings. The Balaban J connectivity index is 3.69. The summed E-state index contributed by atoms with van der Waals surface area (Å²) in [6.07, 6.45) is 30.7. The lowest BCUT2D eigenvalue weighted by Gasteiger charge is -2.29. The van der Waals surface area contributed by atoms with Crippen molar-refractivity contribution in [3.8, 4) is 0 Å². The van der Waals surface area contributed by atoms with Gasteiger partial charge < -0.3 is 25.8 Å². The maximum atomic E-state index is 12.1. The highest BCUT2D eigenvalue weighted by molar-refractivity contribution is 8.76. The van der Waals surface area contributed by atoms with Gasteiger partial charge in [-0.1, -0.05) is 115 Å². The summed E-state index contributed by atoms with van der Waals surface area (Å²) in [4.78, 5) is 36.1. The molecular weight excluding hydrogens is 639 g/mol. The van der Waals surface area contributed by atoms with Crippen molar-refractivity contribution in [3.05, 3.63) is 72.9 Å². The molecule has 0 radical (unpaired) electrons. The van der Waals surface area contributed by atoms with Crippen molar-refractivity contribution in [1.82, 2.24) is 16.0 Å². The summed E-state index contributed by atoms with van der Waals surface area (Å²) in [7, 11) is 3.27. The second kappa shape index (κ2) is 31.4. The summed E-state index contributed by atoms with van der Waals surface area (Å²) in [5.74, 6) is 1.02. The molecule has 0 heterocycles. The van der Waals surface area contributed by atoms with Crippen LogP contribution in [0.1, 0.15) is 72.1 Å². The number of hydrogen-bond acceptors (Lipinski definition) is 8. The molecule has 1 unspecified atom stereocenters. The van der Waals surface area contributed by atoms with E-state index in [0.717, 1.165) is 50.0 Å². The Morgan fingerprint density at radius 3 is 1.65 bits per heavy atom. The fourth-order valence-corrected chi connectivity index (χ4v) is 5.50. The van der Waals surface area contributed by atoms with E-state index in [1.54, 1.807) is 35.4 Å². The highest BCUT2D eigenvalue weighted by Gasteiger charge is 2.33. The number of aliphatic hydroxyl groups excluding tert-OH is 1. The first-order valence-corrected chi connectivity index (χ1v) is 19.2. The minimum absolute atomic E-state index is 0.00654. The van der Waals surface area contributed by atoms with E-state index in [0.29, 0.717) is 19.5 Å². The van der Waals surface area contributed by atoms with Crippen molar-refractivity contribution in [1.29, 1.82) is 0 Å². The lowest BCUT2D eigenvalue weighted by atomic mass is 9.87. The van der Waals surface area contributed by atoms with Gasteiger partial charge in [-0.05, 0) is 38.5 Å². The van der Waals surface area contributed by atoms with E-state index in [2.05, 4.69) is 96.3 Å². The molecule has 0 bridgehead atoms. The number of aliphatic hydroxyl groups is 1. The van der Waals surface area contributed by atoms with Gasteiger partial charge in [-0.25, -0.2) is 0 Å². The number of amides is 3. The second-order valence-electron chi connectivity index (χ2n) is 10.9. The first kappa shape index (κ1) is 43.8. The van der Waals surface area contributed by atoms with Gasteiger partial charge in [0.2, 0.25) is 17.7 Å². The van der Waals surface area contributed by atoms with Gasteiger partial charge in [0.1, 0.15) is 6.10 Å². The highest BCUT2D eigenvalue weighted by Crippen LogP contribution is 2.21. The van der Waals surface area contributed by atoms with Gasteiger partial charge in [0, 0.05) is 49.4 Å². The minimum atomic E-state index is -1.25. The van der Waals surface area contributed by atoms with Gasteiger partial charge in [0.25, 0.3) is 0 Å². The number of carbonyl (C=O) groups is 3. The second-order valence-corrected chi connectivity index (χ2v) is 13.8. The monoisotopic (exact) mass is 695 g/mol. The van der Waals surface area contributed by atoms with E-state index in [4.69, 9.17) is 4.74 Å². The van der Waals surface area contributed by atoms with Gasteiger partial charge >= 0.3 is 0 Å². The minimum Gasteiger partial charge on any atom is -0.383 e. The van der Waals surface area contributed by atoms with Crippen LogP contribution in [-0.4, -0.2) is 72.6 Å². The first-order chi connectivity index (χ1) is 22.2. The Morgan fingerprint density at radius 1 is 0.717 bits per heavy atom. The van der Waals surface area contributed by atoms with E-state index in [1.165, 1.54) is 0 Å². The van der Waals surface area contributed by atoms with Crippen LogP contribution in [0.2, 0.25) is 0 Å². The molecule has 46 heavy (non-hydrogen) atoms. The lowest BCUT2D eigenvalue weighted by molar-refractivity contribution is -0.137. The van der Waals surface area contributed by atoms with Crippen LogP contribution < -0.4 is 16.0 Å². The largest absolute Gasteiger partial charge is 0.383 e. The van der Waals surface area contributed by atoms with E-state index < -0.39 is 17.4 Å². The fraction of sp³-hybridized carbons (Fsp3) is 0.571. The Morgan fingerprint density at radius 2 is 1.17 bits per heavy atom. The first-order valence-electron chi connectivity index (χ1n) is 16.1. The number of carbonyl (C=O) groups excluding carboxylic acids is 3. The molecule has 0 rings (SSSR count). The smallest absolute Gasteiger partial charge is 0.249 e. The van der Waals surface area contributed by atoms with Gasteiger partial charge in [0.15, 0.2) is 0 Å². The standard InChI is InChI=1S/C35H57N3O5S3/c1-4-5-6-7-8-9-10-11-12-13-14-15-16-17-18-19-20-21-22-31(39)36-25-27-45-46-28-26-37-32(40)23-24-38-34(42)33(41)35(2,3)29-43-30-44/h5-6,8-9,11-12,14-15,17-18,20-21,33,41,44H,4,7,10,13,16,19,22-30H2,1-3H3,(H,36,39)(H,37,40)(H,38,42). The van der Waals surface area contributed by atoms with Gasteiger partial charge in [-0.3, -0.25) is 14.4 Å². The SMILES string of the molecule is CCC=CCC=CCC=CCC=CCC=CCC=CCC(=O)NCCSSCCNC(=O)CCNC(=O)C(O)C(C)(C)COCS. The zero-order valence-corrected chi connectivity index (χ0v) is 30.5. The summed E-state index contributed by atoms with van der Waals surface area (Å²) >= 11 is 3.96. The molecule has 0 aromatic rings. The Hall–Kier alpha value is -2.18. The number of thiol groups is 1. The Kier molecular flexibility index (Phi) is 29.9. The van der Waals surface area contributed by atoms with Crippen LogP contribution in [-0.2, 0) is 19.1 Å². The van der Waals surface area contributed by atoms with Crippen LogP contribution >= 0.6 is 34.2 Å².